The summed E-state index contributed by atoms with van der Waals surface area (Å²) in [5.74, 6) is 1.63. The highest BCUT2D eigenvalue weighted by atomic mass is 31.2. The third-order valence-electron chi connectivity index (χ3n) is 10.7. The van der Waals surface area contributed by atoms with E-state index in [0.717, 1.165) is 32.2 Å². The van der Waals surface area contributed by atoms with Crippen LogP contribution in [0.1, 0.15) is 29.2 Å². The Morgan fingerprint density at radius 2 is 0.946 bits per heavy atom. The SMILES string of the molecule is CCOC(=O)C=P(c1ccc(C)cc1)(c1ccc(C)cc1)c1ccc2ccccc2c1-c1c(P(c2ccc(C)cc2)c2ccc(C)cc2)ccc2ccccc12. The molecule has 8 aromatic rings. The summed E-state index contributed by atoms with van der Waals surface area (Å²) in [5, 5.41) is 11.9. The molecule has 0 spiro atoms. The van der Waals surface area contributed by atoms with Crippen molar-refractivity contribution >= 4 is 79.9 Å². The molecule has 0 radical (unpaired) electrons. The number of benzene rings is 8. The summed E-state index contributed by atoms with van der Waals surface area (Å²) < 4.78 is 5.85. The van der Waals surface area contributed by atoms with Crippen LogP contribution in [0.4, 0.5) is 0 Å². The predicted octanol–water partition coefficient (Wildman–Crippen LogP) is 10.3. The molecule has 0 fully saturated rings. The molecule has 0 unspecified atom stereocenters. The summed E-state index contributed by atoms with van der Waals surface area (Å²) in [6, 6.07) is 62.6. The van der Waals surface area contributed by atoms with Gasteiger partial charge in [-0.3, -0.25) is 0 Å². The summed E-state index contributed by atoms with van der Waals surface area (Å²) in [4.78, 5) is 14.2. The normalized spacial score (nSPS) is 11.6. The predicted molar refractivity (Wildman–Crippen MR) is 246 cm³/mol. The Morgan fingerprint density at radius 3 is 1.43 bits per heavy atom. The van der Waals surface area contributed by atoms with Crippen molar-refractivity contribution in [3.8, 4) is 11.1 Å². The quantitative estimate of drug-likeness (QED) is 0.108. The fourth-order valence-electron chi connectivity index (χ4n) is 7.88. The zero-order valence-corrected chi connectivity index (χ0v) is 34.5. The van der Waals surface area contributed by atoms with Gasteiger partial charge in [-0.1, -0.05) is 192 Å². The molecule has 8 rings (SSSR count). The maximum atomic E-state index is 14.2. The smallest absolute Gasteiger partial charge is 0.331 e. The van der Waals surface area contributed by atoms with E-state index in [0.29, 0.717) is 6.61 Å². The Labute approximate surface area is 332 Å². The molecule has 0 aliphatic rings. The van der Waals surface area contributed by atoms with Crippen molar-refractivity contribution in [2.45, 2.75) is 34.6 Å². The fraction of sp³-hybridized carbons (Fsp3) is 0.115. The van der Waals surface area contributed by atoms with Gasteiger partial charge >= 0.3 is 5.97 Å². The lowest BCUT2D eigenvalue weighted by Gasteiger charge is -2.33. The van der Waals surface area contributed by atoms with E-state index in [1.807, 2.05) is 12.7 Å². The molecule has 0 heterocycles. The van der Waals surface area contributed by atoms with Gasteiger partial charge in [-0.25, -0.2) is 4.79 Å². The zero-order chi connectivity index (χ0) is 38.8. The molecule has 0 saturated heterocycles. The first-order valence-corrected chi connectivity index (χ1v) is 22.5. The summed E-state index contributed by atoms with van der Waals surface area (Å²) >= 11 is 0. The molecule has 56 heavy (non-hydrogen) atoms. The van der Waals surface area contributed by atoms with Crippen molar-refractivity contribution in [1.82, 2.24) is 0 Å². The largest absolute Gasteiger partial charge is 0.463 e. The fourth-order valence-corrected chi connectivity index (χ4v) is 14.1. The van der Waals surface area contributed by atoms with Gasteiger partial charge in [0.25, 0.3) is 0 Å². The molecule has 0 saturated carbocycles. The van der Waals surface area contributed by atoms with E-state index < -0.39 is 14.8 Å². The maximum absolute atomic E-state index is 14.2. The standard InChI is InChI=1S/C52H46O2P2/c1-6-54-50(53)35-56(44-29-19-38(4)20-30-44,45-31-21-39(5)22-32-45)49-34-24-41-12-8-10-14-47(41)52(49)51-46-13-9-7-11-40(46)23-33-48(51)55(42-25-15-36(2)16-26-42)43-27-17-37(3)18-28-43/h7-35H,6H2,1-5H3. The van der Waals surface area contributed by atoms with Gasteiger partial charge in [-0.05, 0) is 114 Å². The topological polar surface area (TPSA) is 26.3 Å². The Morgan fingerprint density at radius 1 is 0.518 bits per heavy atom. The van der Waals surface area contributed by atoms with E-state index in [-0.39, 0.29) is 5.97 Å². The number of ether oxygens (including phenoxy) is 1. The average Bonchev–Trinajstić information content (AvgIpc) is 3.22. The van der Waals surface area contributed by atoms with Crippen LogP contribution in [0.3, 0.4) is 0 Å². The Kier molecular flexibility index (Phi) is 10.6. The second-order valence-electron chi connectivity index (χ2n) is 14.6. The van der Waals surface area contributed by atoms with Gasteiger partial charge in [0.2, 0.25) is 0 Å². The Hall–Kier alpha value is -5.52. The lowest BCUT2D eigenvalue weighted by atomic mass is 9.93. The summed E-state index contributed by atoms with van der Waals surface area (Å²) in [6.07, 6.45) is 0. The van der Waals surface area contributed by atoms with Gasteiger partial charge in [0.05, 0.1) is 6.61 Å². The van der Waals surface area contributed by atoms with Crippen LogP contribution in [0.25, 0.3) is 32.7 Å². The molecule has 0 atom stereocenters. The minimum absolute atomic E-state index is 0.298. The zero-order valence-electron chi connectivity index (χ0n) is 32.7. The van der Waals surface area contributed by atoms with Crippen LogP contribution in [-0.2, 0) is 9.53 Å². The molecule has 0 bridgehead atoms. The van der Waals surface area contributed by atoms with E-state index >= 15 is 0 Å². The Balaban J connectivity index is 1.60. The van der Waals surface area contributed by atoms with E-state index in [1.54, 1.807) is 0 Å². The van der Waals surface area contributed by atoms with Crippen LogP contribution in [0.2, 0.25) is 0 Å². The summed E-state index contributed by atoms with van der Waals surface area (Å²) in [7, 11) is -1.02. The highest BCUT2D eigenvalue weighted by Gasteiger charge is 2.33. The third-order valence-corrected chi connectivity index (χ3v) is 17.2. The van der Waals surface area contributed by atoms with Gasteiger partial charge in [0.15, 0.2) is 0 Å². The van der Waals surface area contributed by atoms with E-state index in [2.05, 4.69) is 198 Å². The monoisotopic (exact) mass is 764 g/mol. The molecule has 276 valence electrons. The van der Waals surface area contributed by atoms with Gasteiger partial charge in [-0.15, -0.1) is 0 Å². The molecular weight excluding hydrogens is 719 g/mol. The van der Waals surface area contributed by atoms with Crippen LogP contribution < -0.4 is 31.8 Å². The lowest BCUT2D eigenvalue weighted by molar-refractivity contribution is -0.134. The Bertz CT molecular complexity index is 2650. The number of esters is 1. The molecule has 8 aromatic carbocycles. The van der Waals surface area contributed by atoms with Crippen LogP contribution in [-0.4, -0.2) is 18.4 Å². The first-order chi connectivity index (χ1) is 27.3. The van der Waals surface area contributed by atoms with Crippen molar-refractivity contribution in [3.63, 3.8) is 0 Å². The minimum atomic E-state index is -2.86. The van der Waals surface area contributed by atoms with Crippen molar-refractivity contribution < 1.29 is 9.53 Å². The molecule has 0 aliphatic heterocycles. The number of hydrogen-bond donors (Lipinski definition) is 0. The van der Waals surface area contributed by atoms with Crippen molar-refractivity contribution in [2.75, 3.05) is 6.61 Å². The molecule has 0 N–H and O–H groups in total. The second-order valence-corrected chi connectivity index (χ2v) is 20.0. The number of rotatable bonds is 9. The van der Waals surface area contributed by atoms with Crippen LogP contribution in [0.15, 0.2) is 170 Å². The molecule has 2 nitrogen and oxygen atoms in total. The van der Waals surface area contributed by atoms with E-state index in [9.17, 15) is 4.79 Å². The van der Waals surface area contributed by atoms with Crippen LogP contribution >= 0.6 is 14.8 Å². The molecule has 0 aliphatic carbocycles. The molecule has 0 amide bonds. The molecule has 0 aromatic heterocycles. The van der Waals surface area contributed by atoms with Crippen molar-refractivity contribution in [2.24, 2.45) is 0 Å². The number of fused-ring (bicyclic) bond motifs is 2. The highest BCUT2D eigenvalue weighted by molar-refractivity contribution is 7.95. The number of aryl methyl sites for hydroxylation is 4. The second kappa shape index (κ2) is 15.9. The first-order valence-electron chi connectivity index (χ1n) is 19.3. The van der Waals surface area contributed by atoms with E-state index in [4.69, 9.17) is 4.74 Å². The number of hydrogen-bond acceptors (Lipinski definition) is 2. The number of carbonyl (C=O) groups excluding carboxylic acids is 1. The average molecular weight is 765 g/mol. The summed E-state index contributed by atoms with van der Waals surface area (Å²) in [6.45, 7) is 7.86. The first kappa shape index (κ1) is 37.4. The van der Waals surface area contributed by atoms with Crippen LogP contribution in [0, 0.1) is 27.7 Å². The van der Waals surface area contributed by atoms with E-state index in [1.165, 1.54) is 54.5 Å². The van der Waals surface area contributed by atoms with Crippen molar-refractivity contribution in [3.05, 3.63) is 192 Å². The summed E-state index contributed by atoms with van der Waals surface area (Å²) in [5.41, 5.74) is 7.19. The highest BCUT2D eigenvalue weighted by Crippen LogP contribution is 2.50. The van der Waals surface area contributed by atoms with Gasteiger partial charge in [0.1, 0.15) is 0 Å². The molecule has 4 heteroatoms. The third kappa shape index (κ3) is 7.05. The van der Waals surface area contributed by atoms with Crippen molar-refractivity contribution in [1.29, 1.82) is 0 Å². The van der Waals surface area contributed by atoms with Crippen LogP contribution in [0.5, 0.6) is 0 Å². The maximum Gasteiger partial charge on any atom is 0.331 e. The lowest BCUT2D eigenvalue weighted by Crippen LogP contribution is -2.31. The van der Waals surface area contributed by atoms with Gasteiger partial charge in [0, 0.05) is 5.80 Å². The number of carbonyl (C=O) groups is 1. The van der Waals surface area contributed by atoms with Gasteiger partial charge in [-0.2, -0.15) is 0 Å². The molecular formula is C52H46O2P2. The minimum Gasteiger partial charge on any atom is -0.463 e. The van der Waals surface area contributed by atoms with Gasteiger partial charge < -0.3 is 4.74 Å².